The lowest BCUT2D eigenvalue weighted by Gasteiger charge is -2.14. The topological polar surface area (TPSA) is 70.2 Å². The highest BCUT2D eigenvalue weighted by Gasteiger charge is 2.32. The number of hydrogen-bond acceptors (Lipinski definition) is 3. The van der Waals surface area contributed by atoms with Gasteiger partial charge in [-0.15, -0.1) is 0 Å². The summed E-state index contributed by atoms with van der Waals surface area (Å²) in [6.45, 7) is 1.45. The lowest BCUT2D eigenvalue weighted by atomic mass is 10.1. The van der Waals surface area contributed by atoms with E-state index in [1.54, 1.807) is 24.3 Å². The molecular weight excluding hydrogens is 347 g/mol. The maximum atomic E-state index is 12.9. The minimum absolute atomic E-state index is 0.000358. The zero-order chi connectivity index (χ0) is 19.2. The normalized spacial score (nSPS) is 10.9. The van der Waals surface area contributed by atoms with E-state index in [1.165, 1.54) is 25.1 Å². The fourth-order valence-electron chi connectivity index (χ4n) is 2.26. The average molecular weight is 365 g/mol. The van der Waals surface area contributed by atoms with E-state index < -0.39 is 11.7 Å². The van der Waals surface area contributed by atoms with Crippen molar-refractivity contribution < 1.29 is 22.8 Å². The van der Waals surface area contributed by atoms with Crippen LogP contribution in [0.15, 0.2) is 48.5 Å². The minimum atomic E-state index is -4.46. The van der Waals surface area contributed by atoms with Crippen LogP contribution in [0.3, 0.4) is 0 Å². The smallest absolute Gasteiger partial charge is 0.384 e. The molecule has 0 aliphatic heterocycles. The number of halogens is 3. The van der Waals surface area contributed by atoms with Crippen molar-refractivity contribution in [2.24, 2.45) is 0 Å². The van der Waals surface area contributed by atoms with Gasteiger partial charge in [0.25, 0.3) is 0 Å². The van der Waals surface area contributed by atoms with Gasteiger partial charge >= 0.3 is 6.18 Å². The number of para-hydroxylation sites is 1. The molecule has 2 amide bonds. The molecule has 8 heteroatoms. The van der Waals surface area contributed by atoms with Crippen molar-refractivity contribution in [3.63, 3.8) is 0 Å². The Kier molecular flexibility index (Phi) is 6.21. The average Bonchev–Trinajstić information content (AvgIpc) is 2.56. The first-order valence-corrected chi connectivity index (χ1v) is 7.83. The van der Waals surface area contributed by atoms with Crippen molar-refractivity contribution >= 4 is 28.9 Å². The van der Waals surface area contributed by atoms with Crippen LogP contribution in [0.5, 0.6) is 0 Å². The van der Waals surface area contributed by atoms with E-state index in [9.17, 15) is 22.8 Å². The van der Waals surface area contributed by atoms with E-state index in [2.05, 4.69) is 16.0 Å². The van der Waals surface area contributed by atoms with Crippen molar-refractivity contribution in [1.82, 2.24) is 0 Å². The lowest BCUT2D eigenvalue weighted by Crippen LogP contribution is -2.18. The second-order valence-electron chi connectivity index (χ2n) is 5.53. The number of benzene rings is 2. The van der Waals surface area contributed by atoms with Crippen molar-refractivity contribution in [2.75, 3.05) is 22.5 Å². The Hall–Kier alpha value is -3.03. The zero-order valence-corrected chi connectivity index (χ0v) is 14.0. The van der Waals surface area contributed by atoms with Gasteiger partial charge in [-0.1, -0.05) is 12.1 Å². The predicted octanol–water partition coefficient (Wildman–Crippen LogP) is 4.10. The number of carbonyl (C=O) groups excluding carboxylic acids is 2. The minimum Gasteiger partial charge on any atom is -0.384 e. The third kappa shape index (κ3) is 5.80. The molecule has 0 bridgehead atoms. The van der Waals surface area contributed by atoms with Crippen LogP contribution in [0.4, 0.5) is 30.2 Å². The first kappa shape index (κ1) is 19.3. The predicted molar refractivity (Wildman–Crippen MR) is 93.9 cm³/mol. The Labute approximate surface area is 148 Å². The van der Waals surface area contributed by atoms with Gasteiger partial charge in [0.1, 0.15) is 0 Å². The van der Waals surface area contributed by atoms with Gasteiger partial charge in [-0.05, 0) is 36.4 Å². The summed E-state index contributed by atoms with van der Waals surface area (Å²) in [7, 11) is 0. The third-order valence-corrected chi connectivity index (χ3v) is 3.39. The molecule has 0 heterocycles. The Balaban J connectivity index is 1.85. The molecule has 2 rings (SSSR count). The highest BCUT2D eigenvalue weighted by atomic mass is 19.4. The second kappa shape index (κ2) is 8.37. The van der Waals surface area contributed by atoms with E-state index in [-0.39, 0.29) is 30.5 Å². The Morgan fingerprint density at radius 3 is 2.08 bits per heavy atom. The van der Waals surface area contributed by atoms with Crippen LogP contribution < -0.4 is 16.0 Å². The van der Waals surface area contributed by atoms with Gasteiger partial charge in [0, 0.05) is 37.0 Å². The molecule has 2 aromatic rings. The lowest BCUT2D eigenvalue weighted by molar-refractivity contribution is -0.137. The van der Waals surface area contributed by atoms with Crippen molar-refractivity contribution in [3.05, 3.63) is 54.1 Å². The fourth-order valence-corrected chi connectivity index (χ4v) is 2.26. The number of alkyl halides is 3. The highest BCUT2D eigenvalue weighted by Crippen LogP contribution is 2.34. The molecule has 0 fully saturated rings. The summed E-state index contributed by atoms with van der Waals surface area (Å²) < 4.78 is 38.7. The van der Waals surface area contributed by atoms with Gasteiger partial charge in [0.2, 0.25) is 11.8 Å². The zero-order valence-electron chi connectivity index (χ0n) is 14.0. The molecule has 0 aliphatic rings. The first-order valence-electron chi connectivity index (χ1n) is 7.83. The summed E-state index contributed by atoms with van der Waals surface area (Å²) in [5, 5.41) is 7.88. The van der Waals surface area contributed by atoms with Gasteiger partial charge in [0.05, 0.1) is 5.56 Å². The summed E-state index contributed by atoms with van der Waals surface area (Å²) in [6, 6.07) is 11.6. The standard InChI is InChI=1S/C18H18F3N3O2/c1-12(25)23-13-6-8-14(9-7-13)24-17(26)10-11-22-16-5-3-2-4-15(16)18(19,20)21/h2-9,22H,10-11H2,1H3,(H,23,25)(H,24,26). The molecular formula is C18H18F3N3O2. The maximum Gasteiger partial charge on any atom is 0.418 e. The molecule has 0 unspecified atom stereocenters. The van der Waals surface area contributed by atoms with E-state index in [1.807, 2.05) is 0 Å². The summed E-state index contributed by atoms with van der Waals surface area (Å²) in [5.74, 6) is -0.540. The number of carbonyl (C=O) groups is 2. The molecule has 0 atom stereocenters. The number of amides is 2. The van der Waals surface area contributed by atoms with Crippen LogP contribution in [0.1, 0.15) is 18.9 Å². The van der Waals surface area contributed by atoms with Gasteiger partial charge in [-0.3, -0.25) is 9.59 Å². The van der Waals surface area contributed by atoms with Crippen LogP contribution in [0, 0.1) is 0 Å². The molecule has 2 aromatic carbocycles. The van der Waals surface area contributed by atoms with Crippen LogP contribution in [0.2, 0.25) is 0 Å². The van der Waals surface area contributed by atoms with Crippen molar-refractivity contribution in [2.45, 2.75) is 19.5 Å². The van der Waals surface area contributed by atoms with Crippen molar-refractivity contribution in [3.8, 4) is 0 Å². The van der Waals surface area contributed by atoms with Crippen LogP contribution in [-0.2, 0) is 15.8 Å². The number of anilines is 3. The molecule has 0 radical (unpaired) electrons. The Bertz CT molecular complexity index is 774. The summed E-state index contributed by atoms with van der Waals surface area (Å²) >= 11 is 0. The molecule has 0 saturated heterocycles. The third-order valence-electron chi connectivity index (χ3n) is 3.39. The van der Waals surface area contributed by atoms with Gasteiger partial charge in [0.15, 0.2) is 0 Å². The van der Waals surface area contributed by atoms with E-state index in [0.717, 1.165) is 6.07 Å². The van der Waals surface area contributed by atoms with Crippen LogP contribution in [0.25, 0.3) is 0 Å². The quantitative estimate of drug-likeness (QED) is 0.722. The fraction of sp³-hybridized carbons (Fsp3) is 0.222. The molecule has 0 spiro atoms. The van der Waals surface area contributed by atoms with Crippen molar-refractivity contribution in [1.29, 1.82) is 0 Å². The first-order chi connectivity index (χ1) is 12.3. The van der Waals surface area contributed by atoms with E-state index in [4.69, 9.17) is 0 Å². The summed E-state index contributed by atoms with van der Waals surface area (Å²) in [6.07, 6.45) is -4.46. The Morgan fingerprint density at radius 1 is 0.923 bits per heavy atom. The van der Waals surface area contributed by atoms with E-state index in [0.29, 0.717) is 11.4 Å². The Morgan fingerprint density at radius 2 is 1.50 bits per heavy atom. The molecule has 26 heavy (non-hydrogen) atoms. The molecule has 0 saturated carbocycles. The SMILES string of the molecule is CC(=O)Nc1ccc(NC(=O)CCNc2ccccc2C(F)(F)F)cc1. The summed E-state index contributed by atoms with van der Waals surface area (Å²) in [5.41, 5.74) is 0.294. The number of hydrogen-bond donors (Lipinski definition) is 3. The summed E-state index contributed by atoms with van der Waals surface area (Å²) in [4.78, 5) is 22.8. The van der Waals surface area contributed by atoms with Crippen LogP contribution in [-0.4, -0.2) is 18.4 Å². The van der Waals surface area contributed by atoms with Crippen LogP contribution >= 0.6 is 0 Å². The monoisotopic (exact) mass is 365 g/mol. The molecule has 138 valence electrons. The maximum absolute atomic E-state index is 12.9. The van der Waals surface area contributed by atoms with E-state index >= 15 is 0 Å². The molecule has 5 nitrogen and oxygen atoms in total. The molecule has 3 N–H and O–H groups in total. The second-order valence-corrected chi connectivity index (χ2v) is 5.53. The highest BCUT2D eigenvalue weighted by molar-refractivity contribution is 5.92. The molecule has 0 aromatic heterocycles. The largest absolute Gasteiger partial charge is 0.418 e. The molecule has 0 aliphatic carbocycles. The van der Waals surface area contributed by atoms with Gasteiger partial charge in [-0.25, -0.2) is 0 Å². The van der Waals surface area contributed by atoms with Gasteiger partial charge < -0.3 is 16.0 Å². The number of nitrogens with one attached hydrogen (secondary N) is 3. The number of rotatable bonds is 6. The van der Waals surface area contributed by atoms with Gasteiger partial charge in [-0.2, -0.15) is 13.2 Å².